The molecule has 0 aliphatic carbocycles. The second-order valence-corrected chi connectivity index (χ2v) is 6.92. The van der Waals surface area contributed by atoms with Gasteiger partial charge in [0, 0.05) is 19.3 Å². The second kappa shape index (κ2) is 17.6. The third-order valence-corrected chi connectivity index (χ3v) is 4.44. The number of esters is 3. The number of nitrogens with zero attached hydrogens (tertiary/aromatic N) is 3. The summed E-state index contributed by atoms with van der Waals surface area (Å²) in [6.45, 7) is 5.07. The largest absolute Gasteiger partial charge is 0.462 e. The smallest absolute Gasteiger partial charge is 0.336 e. The van der Waals surface area contributed by atoms with Crippen molar-refractivity contribution < 1.29 is 42.8 Å². The van der Waals surface area contributed by atoms with Crippen molar-refractivity contribution in [1.29, 1.82) is 0 Å². The van der Waals surface area contributed by atoms with Crippen molar-refractivity contribution in [3.8, 4) is 0 Å². The molecule has 1 heterocycles. The van der Waals surface area contributed by atoms with E-state index in [0.29, 0.717) is 26.9 Å². The fraction of sp³-hybridized carbons (Fsp3) is 0.545. The molecule has 0 N–H and O–H groups in total. The number of aromatic nitrogens is 3. The molecular formula is C22H31N3O12. The first-order chi connectivity index (χ1) is 17.8. The van der Waals surface area contributed by atoms with Gasteiger partial charge in [-0.1, -0.05) is 13.2 Å². The Bertz CT molecular complexity index is 1040. The minimum Gasteiger partial charge on any atom is -0.462 e. The van der Waals surface area contributed by atoms with Gasteiger partial charge in [0.25, 0.3) is 0 Å². The third kappa shape index (κ3) is 11.2. The first-order valence-corrected chi connectivity index (χ1v) is 11.1. The summed E-state index contributed by atoms with van der Waals surface area (Å²) in [5, 5.41) is 0. The highest BCUT2D eigenvalue weighted by atomic mass is 16.6. The third-order valence-electron chi connectivity index (χ3n) is 4.44. The van der Waals surface area contributed by atoms with Crippen molar-refractivity contribution >= 4 is 17.9 Å². The normalized spacial score (nSPS) is 10.5. The lowest BCUT2D eigenvalue weighted by molar-refractivity contribution is -0.149. The molecule has 0 fully saturated rings. The standard InChI is InChI=1S/C22H31N3O12/c1-4-17(26)35-9-6-23-20(29)24(7-10-36-18(27)5-2)22(31)25(21(23)30)8-11-37-19(28)16-34-15-14-33-13-12-32-3/h4-5H,1-2,6-16H2,3H3. The highest BCUT2D eigenvalue weighted by Gasteiger charge is 2.17. The topological polar surface area (TPSA) is 173 Å². The van der Waals surface area contributed by atoms with E-state index < -0.39 is 35.0 Å². The Balaban J connectivity index is 2.87. The van der Waals surface area contributed by atoms with Gasteiger partial charge in [-0.25, -0.2) is 42.5 Å². The summed E-state index contributed by atoms with van der Waals surface area (Å²) in [6, 6.07) is 0. The van der Waals surface area contributed by atoms with Gasteiger partial charge in [0.05, 0.1) is 46.1 Å². The molecule has 1 rings (SSSR count). The quantitative estimate of drug-likeness (QED) is 0.0824. The van der Waals surface area contributed by atoms with Gasteiger partial charge in [0.2, 0.25) is 0 Å². The molecule has 0 saturated heterocycles. The van der Waals surface area contributed by atoms with Crippen molar-refractivity contribution in [2.24, 2.45) is 0 Å². The molecule has 0 spiro atoms. The molecule has 15 nitrogen and oxygen atoms in total. The Kier molecular flexibility index (Phi) is 14.8. The van der Waals surface area contributed by atoms with Crippen molar-refractivity contribution in [1.82, 2.24) is 13.7 Å². The van der Waals surface area contributed by atoms with Crippen molar-refractivity contribution in [2.75, 3.05) is 60.0 Å². The molecule has 0 aromatic carbocycles. The Morgan fingerprint density at radius 2 is 1.05 bits per heavy atom. The number of hydrogen-bond donors (Lipinski definition) is 0. The van der Waals surface area contributed by atoms with Crippen LogP contribution in [0.5, 0.6) is 0 Å². The maximum Gasteiger partial charge on any atom is 0.336 e. The van der Waals surface area contributed by atoms with Crippen molar-refractivity contribution in [3.05, 3.63) is 56.8 Å². The number of methoxy groups -OCH3 is 1. The second-order valence-electron chi connectivity index (χ2n) is 6.92. The lowest BCUT2D eigenvalue weighted by Gasteiger charge is -2.14. The molecule has 0 aliphatic heterocycles. The molecule has 1 aromatic heterocycles. The zero-order valence-electron chi connectivity index (χ0n) is 20.6. The summed E-state index contributed by atoms with van der Waals surface area (Å²) in [6.07, 6.45) is 1.81. The van der Waals surface area contributed by atoms with Crippen LogP contribution < -0.4 is 17.1 Å². The minimum absolute atomic E-state index is 0.140. The summed E-state index contributed by atoms with van der Waals surface area (Å²) in [5.41, 5.74) is -3.03. The zero-order valence-corrected chi connectivity index (χ0v) is 20.6. The van der Waals surface area contributed by atoms with Crippen LogP contribution in [-0.2, 0) is 62.4 Å². The number of hydrogen-bond acceptors (Lipinski definition) is 12. The van der Waals surface area contributed by atoms with Crippen LogP contribution in [0.25, 0.3) is 0 Å². The summed E-state index contributed by atoms with van der Waals surface area (Å²) >= 11 is 0. The van der Waals surface area contributed by atoms with Gasteiger partial charge in [0.1, 0.15) is 26.4 Å². The van der Waals surface area contributed by atoms with Crippen LogP contribution in [0.4, 0.5) is 0 Å². The fourth-order valence-corrected chi connectivity index (χ4v) is 2.66. The van der Waals surface area contributed by atoms with E-state index in [-0.39, 0.29) is 59.3 Å². The fourth-order valence-electron chi connectivity index (χ4n) is 2.66. The first kappa shape index (κ1) is 31.2. The molecule has 0 amide bonds. The van der Waals surface area contributed by atoms with Crippen LogP contribution in [0.2, 0.25) is 0 Å². The van der Waals surface area contributed by atoms with E-state index in [0.717, 1.165) is 12.2 Å². The van der Waals surface area contributed by atoms with Gasteiger partial charge >= 0.3 is 35.0 Å². The summed E-state index contributed by atoms with van der Waals surface area (Å²) in [7, 11) is 1.54. The van der Waals surface area contributed by atoms with E-state index in [4.69, 9.17) is 28.4 Å². The van der Waals surface area contributed by atoms with E-state index in [9.17, 15) is 28.8 Å². The van der Waals surface area contributed by atoms with Gasteiger partial charge in [-0.05, 0) is 0 Å². The first-order valence-electron chi connectivity index (χ1n) is 11.1. The molecule has 0 bridgehead atoms. The maximum absolute atomic E-state index is 12.8. The highest BCUT2D eigenvalue weighted by Crippen LogP contribution is 1.88. The molecule has 0 atom stereocenters. The monoisotopic (exact) mass is 529 g/mol. The van der Waals surface area contributed by atoms with Gasteiger partial charge in [-0.2, -0.15) is 0 Å². The van der Waals surface area contributed by atoms with Crippen molar-refractivity contribution in [3.63, 3.8) is 0 Å². The lowest BCUT2D eigenvalue weighted by Crippen LogP contribution is -2.55. The van der Waals surface area contributed by atoms with Gasteiger partial charge < -0.3 is 28.4 Å². The van der Waals surface area contributed by atoms with Crippen molar-refractivity contribution in [2.45, 2.75) is 19.6 Å². The van der Waals surface area contributed by atoms with E-state index in [1.54, 1.807) is 0 Å². The predicted octanol–water partition coefficient (Wildman–Crippen LogP) is -2.15. The number of carbonyl (C=O) groups excluding carboxylic acids is 3. The van der Waals surface area contributed by atoms with Crippen LogP contribution >= 0.6 is 0 Å². The molecule has 0 aliphatic rings. The summed E-state index contributed by atoms with van der Waals surface area (Å²) in [5.74, 6) is -2.28. The van der Waals surface area contributed by atoms with Gasteiger partial charge in [-0.3, -0.25) is 0 Å². The maximum atomic E-state index is 12.8. The number of ether oxygens (including phenoxy) is 6. The Morgan fingerprint density at radius 3 is 1.49 bits per heavy atom. The number of rotatable bonds is 19. The van der Waals surface area contributed by atoms with Crippen LogP contribution in [0.3, 0.4) is 0 Å². The zero-order chi connectivity index (χ0) is 27.6. The van der Waals surface area contributed by atoms with E-state index in [1.807, 2.05) is 0 Å². The average Bonchev–Trinajstić information content (AvgIpc) is 2.89. The average molecular weight is 529 g/mol. The van der Waals surface area contributed by atoms with Gasteiger partial charge in [-0.15, -0.1) is 0 Å². The Labute approximate surface area is 211 Å². The lowest BCUT2D eigenvalue weighted by atomic mass is 10.5. The molecule has 15 heteroatoms. The minimum atomic E-state index is -1.01. The van der Waals surface area contributed by atoms with Crippen LogP contribution in [0.1, 0.15) is 0 Å². The Hall–Kier alpha value is -3.82. The van der Waals surface area contributed by atoms with Crippen LogP contribution in [0, 0.1) is 0 Å². The molecule has 0 radical (unpaired) electrons. The molecule has 1 aromatic rings. The molecule has 206 valence electrons. The predicted molar refractivity (Wildman–Crippen MR) is 126 cm³/mol. The molecule has 37 heavy (non-hydrogen) atoms. The van der Waals surface area contributed by atoms with Gasteiger partial charge in [0.15, 0.2) is 0 Å². The van der Waals surface area contributed by atoms with Crippen LogP contribution in [-0.4, -0.2) is 91.6 Å². The Morgan fingerprint density at radius 1 is 0.649 bits per heavy atom. The highest BCUT2D eigenvalue weighted by molar-refractivity contribution is 5.81. The molecular weight excluding hydrogens is 498 g/mol. The molecule has 0 saturated carbocycles. The SMILES string of the molecule is C=CC(=O)OCCn1c(=O)n(CCOC(=O)C=C)c(=O)n(CCOC(=O)COCCOCCOC)c1=O. The van der Waals surface area contributed by atoms with E-state index >= 15 is 0 Å². The molecule has 0 unspecified atom stereocenters. The van der Waals surface area contributed by atoms with Crippen LogP contribution in [0.15, 0.2) is 39.7 Å². The van der Waals surface area contributed by atoms with E-state index in [1.165, 1.54) is 7.11 Å². The summed E-state index contributed by atoms with van der Waals surface area (Å²) in [4.78, 5) is 72.7. The summed E-state index contributed by atoms with van der Waals surface area (Å²) < 4.78 is 31.7. The van der Waals surface area contributed by atoms with E-state index in [2.05, 4.69) is 13.2 Å². The number of carbonyl (C=O) groups is 3.